The van der Waals surface area contributed by atoms with Crippen molar-refractivity contribution in [2.75, 3.05) is 26.7 Å². The molecule has 2 amide bonds. The minimum atomic E-state index is -0.903. The van der Waals surface area contributed by atoms with Crippen LogP contribution in [0.2, 0.25) is 0 Å². The molecule has 2 rings (SSSR count). The Morgan fingerprint density at radius 2 is 1.81 bits per heavy atom. The monoisotopic (exact) mass is 298 g/mol. The van der Waals surface area contributed by atoms with Crippen LogP contribution in [0.25, 0.3) is 0 Å². The number of aliphatic carboxylic acids is 1. The van der Waals surface area contributed by atoms with Crippen LogP contribution in [0.5, 0.6) is 0 Å². The van der Waals surface area contributed by atoms with Gasteiger partial charge in [0, 0.05) is 26.7 Å². The molecular weight excluding hydrogens is 272 g/mol. The number of hydrogen-bond acceptors (Lipinski definition) is 3. The average Bonchev–Trinajstić information content (AvgIpc) is 2.45. The molecule has 0 radical (unpaired) electrons. The van der Waals surface area contributed by atoms with E-state index in [1.165, 1.54) is 0 Å². The first kappa shape index (κ1) is 16.1. The molecule has 0 spiro atoms. The summed E-state index contributed by atoms with van der Waals surface area (Å²) in [6, 6.07) is -0.872. The summed E-state index contributed by atoms with van der Waals surface area (Å²) >= 11 is 0. The molecule has 0 aromatic heterocycles. The Labute approximate surface area is 126 Å². The highest BCUT2D eigenvalue weighted by atomic mass is 16.5. The van der Waals surface area contributed by atoms with E-state index in [1.807, 2.05) is 13.8 Å². The van der Waals surface area contributed by atoms with Crippen LogP contribution in [0.4, 0.5) is 4.79 Å². The van der Waals surface area contributed by atoms with Crippen molar-refractivity contribution in [1.82, 2.24) is 9.80 Å². The zero-order valence-electron chi connectivity index (χ0n) is 13.2. The van der Waals surface area contributed by atoms with Crippen molar-refractivity contribution in [3.05, 3.63) is 0 Å². The normalized spacial score (nSPS) is 26.7. The van der Waals surface area contributed by atoms with Crippen molar-refractivity contribution in [1.29, 1.82) is 0 Å². The van der Waals surface area contributed by atoms with Gasteiger partial charge < -0.3 is 19.6 Å². The Morgan fingerprint density at radius 1 is 1.19 bits per heavy atom. The van der Waals surface area contributed by atoms with E-state index in [4.69, 9.17) is 4.74 Å². The first-order chi connectivity index (χ1) is 9.86. The van der Waals surface area contributed by atoms with Crippen LogP contribution in [0.1, 0.15) is 39.5 Å². The Bertz CT molecular complexity index is 402. The molecule has 1 unspecified atom stereocenters. The van der Waals surface area contributed by atoms with Crippen LogP contribution >= 0.6 is 0 Å². The third-order valence-electron chi connectivity index (χ3n) is 4.80. The van der Waals surface area contributed by atoms with Gasteiger partial charge in [0.05, 0.1) is 6.10 Å². The van der Waals surface area contributed by atoms with Crippen LogP contribution in [0.3, 0.4) is 0 Å². The second-order valence-electron chi connectivity index (χ2n) is 6.73. The summed E-state index contributed by atoms with van der Waals surface area (Å²) in [7, 11) is 1.69. The maximum Gasteiger partial charge on any atom is 0.327 e. The molecule has 1 atom stereocenters. The standard InChI is InChI=1S/C15H26N2O4/c1-15(2)7-4-8-17(12(15)13(18)19)14(20)16-9-5-11(21-3)6-10-16/h11-12H,4-10H2,1-3H3,(H,18,19). The van der Waals surface area contributed by atoms with Gasteiger partial charge in [-0.3, -0.25) is 0 Å². The van der Waals surface area contributed by atoms with Gasteiger partial charge in [-0.25, -0.2) is 9.59 Å². The minimum Gasteiger partial charge on any atom is -0.480 e. The van der Waals surface area contributed by atoms with Crippen molar-refractivity contribution in [2.24, 2.45) is 5.41 Å². The SMILES string of the molecule is COC1CCN(C(=O)N2CCCC(C)(C)C2C(=O)O)CC1. The summed E-state index contributed by atoms with van der Waals surface area (Å²) in [5.41, 5.74) is -0.384. The van der Waals surface area contributed by atoms with Crippen LogP contribution in [0.15, 0.2) is 0 Å². The highest BCUT2D eigenvalue weighted by molar-refractivity contribution is 5.83. The van der Waals surface area contributed by atoms with E-state index >= 15 is 0 Å². The first-order valence-electron chi connectivity index (χ1n) is 7.68. The van der Waals surface area contributed by atoms with Gasteiger partial charge in [0.2, 0.25) is 0 Å². The van der Waals surface area contributed by atoms with Gasteiger partial charge in [-0.2, -0.15) is 0 Å². The highest BCUT2D eigenvalue weighted by Crippen LogP contribution is 2.36. The van der Waals surface area contributed by atoms with Crippen molar-refractivity contribution >= 4 is 12.0 Å². The van der Waals surface area contributed by atoms with Gasteiger partial charge >= 0.3 is 12.0 Å². The van der Waals surface area contributed by atoms with E-state index in [0.717, 1.165) is 25.7 Å². The lowest BCUT2D eigenvalue weighted by molar-refractivity contribution is -0.148. The first-order valence-corrected chi connectivity index (χ1v) is 7.68. The van der Waals surface area contributed by atoms with Crippen LogP contribution in [-0.4, -0.2) is 65.8 Å². The number of carbonyl (C=O) groups is 2. The van der Waals surface area contributed by atoms with E-state index in [0.29, 0.717) is 19.6 Å². The second kappa shape index (κ2) is 6.22. The van der Waals surface area contributed by atoms with Gasteiger partial charge in [0.1, 0.15) is 6.04 Å². The number of ether oxygens (including phenoxy) is 1. The summed E-state index contributed by atoms with van der Waals surface area (Å²) in [6.07, 6.45) is 3.53. The van der Waals surface area contributed by atoms with E-state index < -0.39 is 12.0 Å². The molecule has 2 saturated heterocycles. The number of carboxylic acid groups (broad SMARTS) is 1. The lowest BCUT2D eigenvalue weighted by atomic mass is 9.76. The molecule has 6 heteroatoms. The molecule has 0 bridgehead atoms. The Morgan fingerprint density at radius 3 is 2.33 bits per heavy atom. The molecule has 6 nitrogen and oxygen atoms in total. The minimum absolute atomic E-state index is 0.135. The van der Waals surface area contributed by atoms with Crippen LogP contribution in [-0.2, 0) is 9.53 Å². The van der Waals surface area contributed by atoms with Gasteiger partial charge in [0.25, 0.3) is 0 Å². The Balaban J connectivity index is 2.08. The quantitative estimate of drug-likeness (QED) is 0.844. The molecule has 0 aliphatic carbocycles. The average molecular weight is 298 g/mol. The zero-order chi connectivity index (χ0) is 15.6. The number of carbonyl (C=O) groups excluding carboxylic acids is 1. The molecule has 120 valence electrons. The Hall–Kier alpha value is -1.30. The third kappa shape index (κ3) is 3.31. The molecule has 2 aliphatic rings. The number of methoxy groups -OCH3 is 1. The maximum atomic E-state index is 12.7. The number of likely N-dealkylation sites (tertiary alicyclic amines) is 2. The molecule has 0 saturated carbocycles. The zero-order valence-corrected chi connectivity index (χ0v) is 13.2. The molecule has 21 heavy (non-hydrogen) atoms. The molecule has 0 aromatic carbocycles. The van der Waals surface area contributed by atoms with Crippen LogP contribution in [0, 0.1) is 5.41 Å². The molecular formula is C15H26N2O4. The molecule has 2 fully saturated rings. The van der Waals surface area contributed by atoms with Crippen molar-refractivity contribution in [3.8, 4) is 0 Å². The number of rotatable bonds is 2. The number of amides is 2. The lowest BCUT2D eigenvalue weighted by Gasteiger charge is -2.46. The number of urea groups is 1. The Kier molecular flexibility index (Phi) is 4.76. The number of hydrogen-bond donors (Lipinski definition) is 1. The van der Waals surface area contributed by atoms with E-state index in [2.05, 4.69) is 0 Å². The number of nitrogens with zero attached hydrogens (tertiary/aromatic N) is 2. The van der Waals surface area contributed by atoms with Crippen molar-refractivity contribution in [3.63, 3.8) is 0 Å². The topological polar surface area (TPSA) is 70.1 Å². The van der Waals surface area contributed by atoms with E-state index in [1.54, 1.807) is 16.9 Å². The fourth-order valence-electron chi connectivity index (χ4n) is 3.53. The van der Waals surface area contributed by atoms with E-state index in [9.17, 15) is 14.7 Å². The van der Waals surface area contributed by atoms with Gasteiger partial charge in [-0.05, 0) is 31.1 Å². The molecule has 2 heterocycles. The summed E-state index contributed by atoms with van der Waals surface area (Å²) in [5.74, 6) is -0.903. The van der Waals surface area contributed by atoms with Gasteiger partial charge in [-0.15, -0.1) is 0 Å². The molecule has 1 N–H and O–H groups in total. The maximum absolute atomic E-state index is 12.7. The summed E-state index contributed by atoms with van der Waals surface area (Å²) < 4.78 is 5.31. The largest absolute Gasteiger partial charge is 0.480 e. The third-order valence-corrected chi connectivity index (χ3v) is 4.80. The summed E-state index contributed by atoms with van der Waals surface area (Å²) in [5, 5.41) is 9.54. The number of piperidine rings is 2. The van der Waals surface area contributed by atoms with Gasteiger partial charge in [-0.1, -0.05) is 13.8 Å². The fraction of sp³-hybridized carbons (Fsp3) is 0.867. The fourth-order valence-corrected chi connectivity index (χ4v) is 3.53. The summed E-state index contributed by atoms with van der Waals surface area (Å²) in [6.45, 7) is 5.68. The molecule has 0 aromatic rings. The summed E-state index contributed by atoms with van der Waals surface area (Å²) in [4.78, 5) is 27.7. The molecule has 2 aliphatic heterocycles. The predicted molar refractivity (Wildman–Crippen MR) is 78.1 cm³/mol. The highest BCUT2D eigenvalue weighted by Gasteiger charge is 2.45. The van der Waals surface area contributed by atoms with E-state index in [-0.39, 0.29) is 17.6 Å². The van der Waals surface area contributed by atoms with Gasteiger partial charge in [0.15, 0.2) is 0 Å². The van der Waals surface area contributed by atoms with Crippen molar-refractivity contribution in [2.45, 2.75) is 51.7 Å². The van der Waals surface area contributed by atoms with Crippen molar-refractivity contribution < 1.29 is 19.4 Å². The smallest absolute Gasteiger partial charge is 0.327 e. The predicted octanol–water partition coefficient (Wildman–Crippen LogP) is 1.79. The van der Waals surface area contributed by atoms with Crippen LogP contribution < -0.4 is 0 Å². The lowest BCUT2D eigenvalue weighted by Crippen LogP contribution is -2.60. The second-order valence-corrected chi connectivity index (χ2v) is 6.73. The number of carboxylic acids is 1.